The van der Waals surface area contributed by atoms with Gasteiger partial charge < -0.3 is 14.3 Å². The van der Waals surface area contributed by atoms with Crippen molar-refractivity contribution in [2.24, 2.45) is 0 Å². The van der Waals surface area contributed by atoms with Crippen LogP contribution in [0.1, 0.15) is 5.56 Å². The molecule has 0 aromatic heterocycles. The SMILES string of the molecule is OP(O)OCc1ccccc1. The summed E-state index contributed by atoms with van der Waals surface area (Å²) in [5.74, 6) is 0. The Balaban J connectivity index is 2.39. The van der Waals surface area contributed by atoms with Gasteiger partial charge in [-0.15, -0.1) is 0 Å². The molecule has 0 spiro atoms. The van der Waals surface area contributed by atoms with Gasteiger partial charge >= 0.3 is 8.60 Å². The molecular formula is C7H9O3P. The second-order valence-electron chi connectivity index (χ2n) is 2.01. The molecule has 1 aromatic carbocycles. The minimum Gasteiger partial charge on any atom is -0.328 e. The van der Waals surface area contributed by atoms with Crippen molar-refractivity contribution in [3.8, 4) is 0 Å². The summed E-state index contributed by atoms with van der Waals surface area (Å²) in [5, 5.41) is 0. The van der Waals surface area contributed by atoms with E-state index in [0.717, 1.165) is 5.56 Å². The fourth-order valence-corrected chi connectivity index (χ4v) is 0.971. The lowest BCUT2D eigenvalue weighted by Gasteiger charge is -2.02. The average molecular weight is 172 g/mol. The van der Waals surface area contributed by atoms with E-state index in [4.69, 9.17) is 9.79 Å². The molecule has 1 aromatic rings. The zero-order valence-electron chi connectivity index (χ0n) is 5.84. The maximum atomic E-state index is 8.41. The molecule has 0 radical (unpaired) electrons. The highest BCUT2D eigenvalue weighted by Gasteiger charge is 1.98. The first-order chi connectivity index (χ1) is 5.29. The minimum absolute atomic E-state index is 0.250. The Hall–Kier alpha value is -0.470. The average Bonchev–Trinajstić information content (AvgIpc) is 2.03. The van der Waals surface area contributed by atoms with Crippen LogP contribution >= 0.6 is 8.60 Å². The predicted octanol–water partition coefficient (Wildman–Crippen LogP) is 1.41. The molecule has 0 heterocycles. The molecule has 1 rings (SSSR count). The molecule has 0 unspecified atom stereocenters. The molecule has 0 aliphatic heterocycles. The Morgan fingerprint density at radius 1 is 1.18 bits per heavy atom. The molecule has 0 fully saturated rings. The van der Waals surface area contributed by atoms with Gasteiger partial charge in [0.15, 0.2) is 0 Å². The lowest BCUT2D eigenvalue weighted by atomic mass is 10.2. The van der Waals surface area contributed by atoms with Crippen molar-refractivity contribution in [1.82, 2.24) is 0 Å². The summed E-state index contributed by atoms with van der Waals surface area (Å²) in [6.07, 6.45) is 0. The second kappa shape index (κ2) is 4.42. The van der Waals surface area contributed by atoms with Crippen molar-refractivity contribution in [2.75, 3.05) is 0 Å². The van der Waals surface area contributed by atoms with Crippen LogP contribution in [0.15, 0.2) is 30.3 Å². The molecule has 0 amide bonds. The molecule has 0 atom stereocenters. The molecule has 4 heteroatoms. The van der Waals surface area contributed by atoms with Gasteiger partial charge in [-0.1, -0.05) is 30.3 Å². The van der Waals surface area contributed by atoms with Crippen molar-refractivity contribution in [3.05, 3.63) is 35.9 Å². The van der Waals surface area contributed by atoms with Crippen LogP contribution in [-0.2, 0) is 11.1 Å². The third-order valence-electron chi connectivity index (χ3n) is 1.19. The van der Waals surface area contributed by atoms with E-state index in [9.17, 15) is 0 Å². The monoisotopic (exact) mass is 172 g/mol. The molecule has 11 heavy (non-hydrogen) atoms. The summed E-state index contributed by atoms with van der Waals surface area (Å²) >= 11 is 0. The number of rotatable bonds is 3. The molecular weight excluding hydrogens is 163 g/mol. The van der Waals surface area contributed by atoms with Crippen LogP contribution in [0, 0.1) is 0 Å². The van der Waals surface area contributed by atoms with E-state index >= 15 is 0 Å². The van der Waals surface area contributed by atoms with Crippen LogP contribution in [0.25, 0.3) is 0 Å². The lowest BCUT2D eigenvalue weighted by Crippen LogP contribution is -1.86. The van der Waals surface area contributed by atoms with Gasteiger partial charge in [-0.05, 0) is 5.56 Å². The van der Waals surface area contributed by atoms with Gasteiger partial charge in [0.05, 0.1) is 6.61 Å². The number of hydrogen-bond donors (Lipinski definition) is 2. The highest BCUT2D eigenvalue weighted by molar-refractivity contribution is 7.39. The zero-order valence-corrected chi connectivity index (χ0v) is 6.74. The van der Waals surface area contributed by atoms with Crippen molar-refractivity contribution < 1.29 is 14.3 Å². The van der Waals surface area contributed by atoms with Gasteiger partial charge in [0, 0.05) is 0 Å². The molecule has 2 N–H and O–H groups in total. The first-order valence-electron chi connectivity index (χ1n) is 3.14. The van der Waals surface area contributed by atoms with Gasteiger partial charge in [0.2, 0.25) is 0 Å². The van der Waals surface area contributed by atoms with Crippen molar-refractivity contribution in [3.63, 3.8) is 0 Å². The molecule has 0 bridgehead atoms. The minimum atomic E-state index is -2.22. The molecule has 60 valence electrons. The Labute approximate surface area is 66.3 Å². The maximum absolute atomic E-state index is 8.41. The van der Waals surface area contributed by atoms with Gasteiger partial charge in [0.1, 0.15) is 0 Å². The van der Waals surface area contributed by atoms with E-state index in [2.05, 4.69) is 4.52 Å². The quantitative estimate of drug-likeness (QED) is 0.678. The summed E-state index contributed by atoms with van der Waals surface area (Å²) in [6.45, 7) is 0.250. The Bertz CT molecular complexity index is 200. The largest absolute Gasteiger partial charge is 0.328 e. The van der Waals surface area contributed by atoms with Gasteiger partial charge in [-0.3, -0.25) is 0 Å². The number of hydrogen-bond acceptors (Lipinski definition) is 3. The van der Waals surface area contributed by atoms with E-state index < -0.39 is 8.60 Å². The van der Waals surface area contributed by atoms with Crippen LogP contribution in [0.3, 0.4) is 0 Å². The van der Waals surface area contributed by atoms with E-state index in [1.54, 1.807) is 0 Å². The fraction of sp³-hybridized carbons (Fsp3) is 0.143. The van der Waals surface area contributed by atoms with Crippen LogP contribution in [0.5, 0.6) is 0 Å². The highest BCUT2D eigenvalue weighted by atomic mass is 31.2. The number of benzene rings is 1. The molecule has 0 aliphatic rings. The summed E-state index contributed by atoms with van der Waals surface area (Å²) in [7, 11) is -2.22. The first-order valence-corrected chi connectivity index (χ1v) is 4.30. The third kappa shape index (κ3) is 3.44. The standard InChI is InChI=1S/C7H9O3P/c8-11(9)10-6-7-4-2-1-3-5-7/h1-5,8-9H,6H2. The topological polar surface area (TPSA) is 49.7 Å². The smallest absolute Gasteiger partial charge is 0.327 e. The Morgan fingerprint density at radius 2 is 1.82 bits per heavy atom. The zero-order chi connectivity index (χ0) is 8.10. The second-order valence-corrected chi connectivity index (χ2v) is 2.78. The first kappa shape index (κ1) is 8.62. The van der Waals surface area contributed by atoms with Crippen molar-refractivity contribution in [1.29, 1.82) is 0 Å². The third-order valence-corrected chi connectivity index (χ3v) is 1.55. The summed E-state index contributed by atoms with van der Waals surface area (Å²) in [4.78, 5) is 16.8. The molecule has 3 nitrogen and oxygen atoms in total. The van der Waals surface area contributed by atoms with Crippen molar-refractivity contribution >= 4 is 8.60 Å². The Kier molecular flexibility index (Phi) is 3.46. The predicted molar refractivity (Wildman–Crippen MR) is 42.6 cm³/mol. The fourth-order valence-electron chi connectivity index (χ4n) is 0.707. The van der Waals surface area contributed by atoms with Crippen LogP contribution < -0.4 is 0 Å². The molecule has 0 saturated heterocycles. The van der Waals surface area contributed by atoms with Gasteiger partial charge in [-0.25, -0.2) is 0 Å². The van der Waals surface area contributed by atoms with Crippen molar-refractivity contribution in [2.45, 2.75) is 6.61 Å². The van der Waals surface area contributed by atoms with E-state index in [1.165, 1.54) is 0 Å². The summed E-state index contributed by atoms with van der Waals surface area (Å²) < 4.78 is 4.60. The van der Waals surface area contributed by atoms with E-state index in [1.807, 2.05) is 30.3 Å². The van der Waals surface area contributed by atoms with Crippen LogP contribution in [-0.4, -0.2) is 9.79 Å². The normalized spacial score (nSPS) is 10.5. The molecule has 0 aliphatic carbocycles. The van der Waals surface area contributed by atoms with Gasteiger partial charge in [-0.2, -0.15) is 0 Å². The molecule has 0 saturated carbocycles. The lowest BCUT2D eigenvalue weighted by molar-refractivity contribution is 0.246. The van der Waals surface area contributed by atoms with E-state index in [0.29, 0.717) is 0 Å². The maximum Gasteiger partial charge on any atom is 0.327 e. The highest BCUT2D eigenvalue weighted by Crippen LogP contribution is 2.25. The summed E-state index contributed by atoms with van der Waals surface area (Å²) in [6, 6.07) is 9.35. The summed E-state index contributed by atoms with van der Waals surface area (Å²) in [5.41, 5.74) is 0.933. The van der Waals surface area contributed by atoms with Gasteiger partial charge in [0.25, 0.3) is 0 Å². The van der Waals surface area contributed by atoms with Crippen LogP contribution in [0.4, 0.5) is 0 Å². The Morgan fingerprint density at radius 3 is 2.36 bits per heavy atom. The van der Waals surface area contributed by atoms with E-state index in [-0.39, 0.29) is 6.61 Å². The van der Waals surface area contributed by atoms with Crippen LogP contribution in [0.2, 0.25) is 0 Å².